The van der Waals surface area contributed by atoms with Gasteiger partial charge in [0.25, 0.3) is 0 Å². The van der Waals surface area contributed by atoms with Crippen molar-refractivity contribution < 1.29 is 38.0 Å². The third kappa shape index (κ3) is 17.1. The minimum atomic E-state index is -0.675. The highest BCUT2D eigenvalue weighted by atomic mass is 16.7. The Balaban J connectivity index is 3.01. The molecule has 0 fully saturated rings. The standard InChI is InChI=1S/C14H28O8/c1-3-21-14(15)22-13-12-20-11-10-19-9-8-18-7-6-17-5-4-16-2/h3-13H2,1-2H3. The highest BCUT2D eigenvalue weighted by molar-refractivity contribution is 5.59. The van der Waals surface area contributed by atoms with E-state index in [1.807, 2.05) is 0 Å². The summed E-state index contributed by atoms with van der Waals surface area (Å²) in [7, 11) is 1.63. The van der Waals surface area contributed by atoms with Crippen LogP contribution in [0.5, 0.6) is 0 Å². The smallest absolute Gasteiger partial charge is 0.435 e. The van der Waals surface area contributed by atoms with E-state index in [9.17, 15) is 4.79 Å². The highest BCUT2D eigenvalue weighted by Gasteiger charge is 2.00. The molecule has 0 aliphatic carbocycles. The first-order chi connectivity index (χ1) is 10.8. The molecule has 0 aromatic carbocycles. The van der Waals surface area contributed by atoms with Gasteiger partial charge in [0.2, 0.25) is 0 Å². The van der Waals surface area contributed by atoms with Crippen molar-refractivity contribution in [2.24, 2.45) is 0 Å². The second kappa shape index (κ2) is 18.1. The fourth-order valence-corrected chi connectivity index (χ4v) is 1.25. The van der Waals surface area contributed by atoms with E-state index in [1.54, 1.807) is 14.0 Å². The van der Waals surface area contributed by atoms with E-state index < -0.39 is 6.16 Å². The van der Waals surface area contributed by atoms with Gasteiger partial charge in [0.05, 0.1) is 66.1 Å². The minimum Gasteiger partial charge on any atom is -0.435 e. The Morgan fingerprint density at radius 3 is 1.45 bits per heavy atom. The van der Waals surface area contributed by atoms with Crippen LogP contribution in [-0.4, -0.2) is 85.9 Å². The van der Waals surface area contributed by atoms with E-state index in [-0.39, 0.29) is 6.61 Å². The Kier molecular flexibility index (Phi) is 17.4. The lowest BCUT2D eigenvalue weighted by Crippen LogP contribution is -2.15. The summed E-state index contributed by atoms with van der Waals surface area (Å²) in [5.41, 5.74) is 0. The third-order valence-electron chi connectivity index (χ3n) is 2.26. The van der Waals surface area contributed by atoms with E-state index in [0.29, 0.717) is 66.1 Å². The quantitative estimate of drug-likeness (QED) is 0.306. The summed E-state index contributed by atoms with van der Waals surface area (Å²) < 4.78 is 35.2. The van der Waals surface area contributed by atoms with Crippen LogP contribution in [0.4, 0.5) is 4.79 Å². The zero-order valence-electron chi connectivity index (χ0n) is 13.5. The Morgan fingerprint density at radius 1 is 0.636 bits per heavy atom. The summed E-state index contributed by atoms with van der Waals surface area (Å²) in [6.45, 7) is 6.67. The molecule has 0 aromatic rings. The number of methoxy groups -OCH3 is 1. The van der Waals surface area contributed by atoms with E-state index in [4.69, 9.17) is 28.4 Å². The van der Waals surface area contributed by atoms with Gasteiger partial charge in [-0.2, -0.15) is 0 Å². The molecule has 0 aliphatic heterocycles. The van der Waals surface area contributed by atoms with Gasteiger partial charge >= 0.3 is 6.16 Å². The molecule has 0 amide bonds. The van der Waals surface area contributed by atoms with Crippen molar-refractivity contribution in [3.05, 3.63) is 0 Å². The fraction of sp³-hybridized carbons (Fsp3) is 0.929. The predicted molar refractivity (Wildman–Crippen MR) is 78.1 cm³/mol. The van der Waals surface area contributed by atoms with Crippen molar-refractivity contribution >= 4 is 6.16 Å². The lowest BCUT2D eigenvalue weighted by Gasteiger charge is -2.07. The summed E-state index contributed by atoms with van der Waals surface area (Å²) in [6, 6.07) is 0. The number of carbonyl (C=O) groups excluding carboxylic acids is 1. The van der Waals surface area contributed by atoms with Gasteiger partial charge in [0.1, 0.15) is 6.61 Å². The van der Waals surface area contributed by atoms with Crippen LogP contribution in [0, 0.1) is 0 Å². The van der Waals surface area contributed by atoms with Crippen molar-refractivity contribution in [1.29, 1.82) is 0 Å². The Bertz CT molecular complexity index is 237. The molecule has 0 radical (unpaired) electrons. The van der Waals surface area contributed by atoms with Crippen LogP contribution in [0.2, 0.25) is 0 Å². The highest BCUT2D eigenvalue weighted by Crippen LogP contribution is 1.86. The van der Waals surface area contributed by atoms with Crippen LogP contribution < -0.4 is 0 Å². The molecule has 8 nitrogen and oxygen atoms in total. The van der Waals surface area contributed by atoms with Gasteiger partial charge < -0.3 is 33.2 Å². The maximum Gasteiger partial charge on any atom is 0.508 e. The van der Waals surface area contributed by atoms with Crippen molar-refractivity contribution in [1.82, 2.24) is 0 Å². The first-order valence-corrected chi connectivity index (χ1v) is 7.40. The summed E-state index contributed by atoms with van der Waals surface area (Å²) >= 11 is 0. The SMILES string of the molecule is CCOC(=O)OCCOCCOCCOCCOCCOC. The number of ether oxygens (including phenoxy) is 7. The Labute approximate surface area is 131 Å². The molecule has 0 spiro atoms. The molecular formula is C14H28O8. The molecule has 0 saturated heterocycles. The molecule has 0 bridgehead atoms. The van der Waals surface area contributed by atoms with Gasteiger partial charge in [-0.15, -0.1) is 0 Å². The molecule has 22 heavy (non-hydrogen) atoms. The number of hydrogen-bond donors (Lipinski definition) is 0. The van der Waals surface area contributed by atoms with Gasteiger partial charge in [-0.25, -0.2) is 4.79 Å². The lowest BCUT2D eigenvalue weighted by atomic mass is 10.7. The fourth-order valence-electron chi connectivity index (χ4n) is 1.25. The van der Waals surface area contributed by atoms with Crippen molar-refractivity contribution in [2.45, 2.75) is 6.92 Å². The molecule has 0 aromatic heterocycles. The Hall–Kier alpha value is -0.930. The third-order valence-corrected chi connectivity index (χ3v) is 2.26. The average molecular weight is 324 g/mol. The summed E-state index contributed by atoms with van der Waals surface area (Å²) in [4.78, 5) is 10.8. The largest absolute Gasteiger partial charge is 0.508 e. The van der Waals surface area contributed by atoms with Crippen molar-refractivity contribution in [2.75, 3.05) is 79.8 Å². The number of hydrogen-bond acceptors (Lipinski definition) is 8. The van der Waals surface area contributed by atoms with Crippen LogP contribution in [0.1, 0.15) is 6.92 Å². The van der Waals surface area contributed by atoms with E-state index in [2.05, 4.69) is 4.74 Å². The summed E-state index contributed by atoms with van der Waals surface area (Å²) in [5.74, 6) is 0. The molecule has 132 valence electrons. The van der Waals surface area contributed by atoms with E-state index >= 15 is 0 Å². The van der Waals surface area contributed by atoms with Gasteiger partial charge in [0, 0.05) is 7.11 Å². The summed E-state index contributed by atoms with van der Waals surface area (Å²) in [5, 5.41) is 0. The molecule has 0 unspecified atom stereocenters. The van der Waals surface area contributed by atoms with Crippen molar-refractivity contribution in [3.63, 3.8) is 0 Å². The van der Waals surface area contributed by atoms with Gasteiger partial charge in [-0.3, -0.25) is 0 Å². The van der Waals surface area contributed by atoms with Crippen LogP contribution in [0.3, 0.4) is 0 Å². The van der Waals surface area contributed by atoms with Gasteiger partial charge in [0.15, 0.2) is 0 Å². The topological polar surface area (TPSA) is 81.7 Å². The van der Waals surface area contributed by atoms with E-state index in [0.717, 1.165) is 0 Å². The molecule has 0 N–H and O–H groups in total. The molecule has 0 atom stereocenters. The second-order valence-electron chi connectivity index (χ2n) is 3.97. The normalized spacial score (nSPS) is 10.6. The van der Waals surface area contributed by atoms with Crippen LogP contribution >= 0.6 is 0 Å². The van der Waals surface area contributed by atoms with Crippen LogP contribution in [-0.2, 0) is 33.2 Å². The molecule has 0 heterocycles. The van der Waals surface area contributed by atoms with Gasteiger partial charge in [-0.1, -0.05) is 0 Å². The molecule has 0 rings (SSSR count). The number of rotatable bonds is 16. The lowest BCUT2D eigenvalue weighted by molar-refractivity contribution is -0.0144. The van der Waals surface area contributed by atoms with Crippen LogP contribution in [0.15, 0.2) is 0 Å². The Morgan fingerprint density at radius 2 is 1.05 bits per heavy atom. The molecule has 0 saturated carbocycles. The molecule has 0 aliphatic rings. The van der Waals surface area contributed by atoms with E-state index in [1.165, 1.54) is 0 Å². The summed E-state index contributed by atoms with van der Waals surface area (Å²) in [6.07, 6.45) is -0.675. The maximum absolute atomic E-state index is 10.8. The van der Waals surface area contributed by atoms with Crippen molar-refractivity contribution in [3.8, 4) is 0 Å². The zero-order chi connectivity index (χ0) is 16.3. The number of carbonyl (C=O) groups is 1. The van der Waals surface area contributed by atoms with Crippen LogP contribution in [0.25, 0.3) is 0 Å². The first kappa shape index (κ1) is 21.1. The predicted octanol–water partition coefficient (Wildman–Crippen LogP) is 0.872. The second-order valence-corrected chi connectivity index (χ2v) is 3.97. The maximum atomic E-state index is 10.8. The average Bonchev–Trinajstić information content (AvgIpc) is 2.51. The molecular weight excluding hydrogens is 296 g/mol. The first-order valence-electron chi connectivity index (χ1n) is 7.40. The molecule has 8 heteroatoms. The monoisotopic (exact) mass is 324 g/mol. The minimum absolute atomic E-state index is 0.172. The van der Waals surface area contributed by atoms with Gasteiger partial charge in [-0.05, 0) is 6.92 Å². The zero-order valence-corrected chi connectivity index (χ0v) is 13.5.